The molecule has 7 heteroatoms. The fourth-order valence-corrected chi connectivity index (χ4v) is 2.35. The SMILES string of the molecule is OCC1(Nc2c(F)c(F)c(F)c(F)c2F)CCCC1. The largest absolute Gasteiger partial charge is 0.394 e. The highest BCUT2D eigenvalue weighted by atomic mass is 19.2. The van der Waals surface area contributed by atoms with E-state index in [1.54, 1.807) is 0 Å². The number of aliphatic hydroxyl groups excluding tert-OH is 1. The van der Waals surface area contributed by atoms with Gasteiger partial charge in [0.25, 0.3) is 0 Å². The van der Waals surface area contributed by atoms with Crippen molar-refractivity contribution in [2.24, 2.45) is 0 Å². The zero-order chi connectivity index (χ0) is 14.2. The molecular formula is C12H12F5NO. The van der Waals surface area contributed by atoms with E-state index in [4.69, 9.17) is 0 Å². The molecule has 0 amide bonds. The van der Waals surface area contributed by atoms with Crippen LogP contribution in [0.15, 0.2) is 0 Å². The second-order valence-electron chi connectivity index (χ2n) is 4.72. The lowest BCUT2D eigenvalue weighted by atomic mass is 9.98. The molecule has 19 heavy (non-hydrogen) atoms. The van der Waals surface area contributed by atoms with Crippen LogP contribution >= 0.6 is 0 Å². The molecule has 1 fully saturated rings. The standard InChI is InChI=1S/C12H12F5NO/c13-6-7(14)9(16)11(10(17)8(6)15)18-12(5-19)3-1-2-4-12/h18-19H,1-5H2. The first-order chi connectivity index (χ1) is 8.92. The van der Waals surface area contributed by atoms with E-state index in [9.17, 15) is 27.1 Å². The molecule has 0 saturated heterocycles. The van der Waals surface area contributed by atoms with Gasteiger partial charge >= 0.3 is 0 Å². The first-order valence-corrected chi connectivity index (χ1v) is 5.82. The van der Waals surface area contributed by atoms with Gasteiger partial charge in [-0.2, -0.15) is 0 Å². The van der Waals surface area contributed by atoms with Crippen LogP contribution in [0.4, 0.5) is 27.6 Å². The summed E-state index contributed by atoms with van der Waals surface area (Å²) in [5.41, 5.74) is -2.11. The summed E-state index contributed by atoms with van der Waals surface area (Å²) in [5.74, 6) is -9.99. The van der Waals surface area contributed by atoms with Crippen LogP contribution in [0.5, 0.6) is 0 Å². The van der Waals surface area contributed by atoms with Crippen molar-refractivity contribution in [2.45, 2.75) is 31.2 Å². The molecule has 0 spiro atoms. The third-order valence-corrected chi connectivity index (χ3v) is 3.46. The minimum atomic E-state index is -2.19. The lowest BCUT2D eigenvalue weighted by molar-refractivity contribution is 0.213. The zero-order valence-electron chi connectivity index (χ0n) is 9.87. The third-order valence-electron chi connectivity index (χ3n) is 3.46. The van der Waals surface area contributed by atoms with Crippen LogP contribution < -0.4 is 5.32 Å². The summed E-state index contributed by atoms with van der Waals surface area (Å²) in [6, 6.07) is 0. The number of halogens is 5. The minimum Gasteiger partial charge on any atom is -0.394 e. The molecule has 0 aromatic heterocycles. The molecule has 0 atom stereocenters. The Morgan fingerprint density at radius 1 is 0.842 bits per heavy atom. The number of benzene rings is 1. The molecule has 1 saturated carbocycles. The second-order valence-corrected chi connectivity index (χ2v) is 4.72. The summed E-state index contributed by atoms with van der Waals surface area (Å²) in [6.45, 7) is -0.438. The number of nitrogens with one attached hydrogen (secondary N) is 1. The molecule has 0 aliphatic heterocycles. The predicted octanol–water partition coefficient (Wildman–Crippen LogP) is 3.10. The maximum absolute atomic E-state index is 13.5. The highest BCUT2D eigenvalue weighted by molar-refractivity contribution is 5.50. The number of aliphatic hydroxyl groups is 1. The van der Waals surface area contributed by atoms with Gasteiger partial charge in [-0.05, 0) is 12.8 Å². The Morgan fingerprint density at radius 3 is 1.68 bits per heavy atom. The van der Waals surface area contributed by atoms with Crippen molar-refractivity contribution in [2.75, 3.05) is 11.9 Å². The fraction of sp³-hybridized carbons (Fsp3) is 0.500. The number of rotatable bonds is 3. The van der Waals surface area contributed by atoms with Gasteiger partial charge in [-0.1, -0.05) is 12.8 Å². The van der Waals surface area contributed by atoms with Crippen molar-refractivity contribution in [1.29, 1.82) is 0 Å². The Bertz CT molecular complexity index is 470. The maximum atomic E-state index is 13.5. The quantitative estimate of drug-likeness (QED) is 0.507. The summed E-state index contributed by atoms with van der Waals surface area (Å²) in [6.07, 6.45) is 2.23. The van der Waals surface area contributed by atoms with Crippen LogP contribution in [-0.2, 0) is 0 Å². The molecule has 1 aliphatic carbocycles. The number of anilines is 1. The van der Waals surface area contributed by atoms with Crippen molar-refractivity contribution >= 4 is 5.69 Å². The van der Waals surface area contributed by atoms with Gasteiger partial charge in [-0.15, -0.1) is 0 Å². The normalized spacial score (nSPS) is 17.8. The molecule has 2 nitrogen and oxygen atoms in total. The molecule has 2 rings (SSSR count). The second kappa shape index (κ2) is 4.96. The van der Waals surface area contributed by atoms with Gasteiger partial charge in [-0.3, -0.25) is 0 Å². The van der Waals surface area contributed by atoms with Crippen LogP contribution in [0.3, 0.4) is 0 Å². The third kappa shape index (κ3) is 2.27. The van der Waals surface area contributed by atoms with Crippen LogP contribution in [-0.4, -0.2) is 17.3 Å². The van der Waals surface area contributed by atoms with Gasteiger partial charge < -0.3 is 10.4 Å². The molecule has 1 aromatic carbocycles. The van der Waals surface area contributed by atoms with E-state index >= 15 is 0 Å². The molecular weight excluding hydrogens is 269 g/mol. The molecule has 0 unspecified atom stereocenters. The first-order valence-electron chi connectivity index (χ1n) is 5.82. The fourth-order valence-electron chi connectivity index (χ4n) is 2.35. The molecule has 2 N–H and O–H groups in total. The summed E-state index contributed by atoms with van der Waals surface area (Å²) >= 11 is 0. The zero-order valence-corrected chi connectivity index (χ0v) is 9.87. The highest BCUT2D eigenvalue weighted by Crippen LogP contribution is 2.36. The van der Waals surface area contributed by atoms with Gasteiger partial charge in [0.2, 0.25) is 5.82 Å². The molecule has 106 valence electrons. The van der Waals surface area contributed by atoms with Crippen LogP contribution in [0, 0.1) is 29.1 Å². The van der Waals surface area contributed by atoms with E-state index in [1.807, 2.05) is 0 Å². The Balaban J connectivity index is 2.45. The monoisotopic (exact) mass is 281 g/mol. The van der Waals surface area contributed by atoms with E-state index in [1.165, 1.54) is 0 Å². The Labute approximate surface area is 106 Å². The topological polar surface area (TPSA) is 32.3 Å². The summed E-state index contributed by atoms with van der Waals surface area (Å²) in [7, 11) is 0. The average molecular weight is 281 g/mol. The van der Waals surface area contributed by atoms with Gasteiger partial charge in [0.15, 0.2) is 23.3 Å². The molecule has 0 heterocycles. The van der Waals surface area contributed by atoms with Crippen molar-refractivity contribution < 1.29 is 27.1 Å². The van der Waals surface area contributed by atoms with E-state index in [0.29, 0.717) is 25.7 Å². The van der Waals surface area contributed by atoms with Crippen molar-refractivity contribution in [1.82, 2.24) is 0 Å². The maximum Gasteiger partial charge on any atom is 0.200 e. The summed E-state index contributed by atoms with van der Waals surface area (Å²) < 4.78 is 66.0. The highest BCUT2D eigenvalue weighted by Gasteiger charge is 2.36. The summed E-state index contributed by atoms with van der Waals surface area (Å²) in [4.78, 5) is 0. The van der Waals surface area contributed by atoms with Crippen molar-refractivity contribution in [3.63, 3.8) is 0 Å². The van der Waals surface area contributed by atoms with Crippen molar-refractivity contribution in [3.8, 4) is 0 Å². The van der Waals surface area contributed by atoms with E-state index in [2.05, 4.69) is 5.32 Å². The van der Waals surface area contributed by atoms with Crippen molar-refractivity contribution in [3.05, 3.63) is 29.1 Å². The van der Waals surface area contributed by atoms with Crippen LogP contribution in [0.1, 0.15) is 25.7 Å². The molecule has 0 radical (unpaired) electrons. The number of hydrogen-bond donors (Lipinski definition) is 2. The lowest BCUT2D eigenvalue weighted by Crippen LogP contribution is -2.40. The average Bonchev–Trinajstić information content (AvgIpc) is 2.88. The molecule has 1 aromatic rings. The van der Waals surface area contributed by atoms with Gasteiger partial charge in [0.05, 0.1) is 12.1 Å². The summed E-state index contributed by atoms with van der Waals surface area (Å²) in [5, 5.41) is 11.6. The minimum absolute atomic E-state index is 0.406. The molecule has 0 bridgehead atoms. The Hall–Kier alpha value is -1.37. The Morgan fingerprint density at radius 2 is 1.26 bits per heavy atom. The van der Waals surface area contributed by atoms with Crippen LogP contribution in [0.2, 0.25) is 0 Å². The van der Waals surface area contributed by atoms with E-state index in [0.717, 1.165) is 0 Å². The smallest absolute Gasteiger partial charge is 0.200 e. The lowest BCUT2D eigenvalue weighted by Gasteiger charge is -2.29. The first kappa shape index (κ1) is 14.0. The van der Waals surface area contributed by atoms with E-state index < -0.39 is 46.9 Å². The Kier molecular flexibility index (Phi) is 3.66. The van der Waals surface area contributed by atoms with Gasteiger partial charge in [-0.25, -0.2) is 22.0 Å². The van der Waals surface area contributed by atoms with Gasteiger partial charge in [0, 0.05) is 0 Å². The van der Waals surface area contributed by atoms with Gasteiger partial charge in [0.1, 0.15) is 5.69 Å². The van der Waals surface area contributed by atoms with E-state index in [-0.39, 0.29) is 0 Å². The van der Waals surface area contributed by atoms with Crippen LogP contribution in [0.25, 0.3) is 0 Å². The predicted molar refractivity (Wildman–Crippen MR) is 58.1 cm³/mol. The molecule has 1 aliphatic rings. The number of hydrogen-bond acceptors (Lipinski definition) is 2.